The molecule has 98 valence electrons. The third-order valence-corrected chi connectivity index (χ3v) is 1.37. The first-order valence-corrected chi connectivity index (χ1v) is 4.80. The van der Waals surface area contributed by atoms with Crippen LogP contribution in [0.25, 0.3) is 0 Å². The van der Waals surface area contributed by atoms with Crippen molar-refractivity contribution in [2.24, 2.45) is 32.9 Å². The van der Waals surface area contributed by atoms with Crippen LogP contribution in [0.4, 0.5) is 11.4 Å². The van der Waals surface area contributed by atoms with Crippen molar-refractivity contribution in [2.75, 3.05) is 0 Å². The van der Waals surface area contributed by atoms with Crippen molar-refractivity contribution in [3.05, 3.63) is 24.3 Å². The fourth-order valence-electron chi connectivity index (χ4n) is 0.900. The molecule has 0 bridgehead atoms. The molecule has 8 heteroatoms. The molecular weight excluding hydrogens is 236 g/mol. The van der Waals surface area contributed by atoms with Crippen LogP contribution >= 0.6 is 0 Å². The molecule has 8 nitrogen and oxygen atoms in total. The van der Waals surface area contributed by atoms with E-state index < -0.39 is 5.97 Å². The number of guanidine groups is 2. The lowest BCUT2D eigenvalue weighted by Crippen LogP contribution is -2.22. The van der Waals surface area contributed by atoms with Crippen molar-refractivity contribution in [1.29, 1.82) is 0 Å². The predicted molar refractivity (Wildman–Crippen MR) is 70.7 cm³/mol. The standard InChI is InChI=1S/C8H12N6.C2H4O2/c9-7(10)13-5-1-2-6(4-3-5)14-8(11)12;1-2(3)4/h1-4H,(H4,9,10,13)(H4,11,12,14);1H3,(H,3,4). The fourth-order valence-corrected chi connectivity index (χ4v) is 0.900. The molecule has 1 aromatic carbocycles. The van der Waals surface area contributed by atoms with Crippen LogP contribution in [0.5, 0.6) is 0 Å². The summed E-state index contributed by atoms with van der Waals surface area (Å²) in [5, 5.41) is 7.42. The molecular formula is C10H16N6O2. The minimum Gasteiger partial charge on any atom is -0.481 e. The van der Waals surface area contributed by atoms with Crippen molar-refractivity contribution in [2.45, 2.75) is 6.92 Å². The van der Waals surface area contributed by atoms with Crippen LogP contribution in [-0.2, 0) is 4.79 Å². The van der Waals surface area contributed by atoms with Gasteiger partial charge in [0.25, 0.3) is 5.97 Å². The number of hydrogen-bond donors (Lipinski definition) is 5. The molecule has 0 aliphatic heterocycles. The Morgan fingerprint density at radius 2 is 1.17 bits per heavy atom. The summed E-state index contributed by atoms with van der Waals surface area (Å²) in [6, 6.07) is 6.84. The smallest absolute Gasteiger partial charge is 0.300 e. The molecule has 0 heterocycles. The van der Waals surface area contributed by atoms with Crippen molar-refractivity contribution in [1.82, 2.24) is 0 Å². The molecule has 0 saturated carbocycles. The molecule has 1 aromatic rings. The molecule has 18 heavy (non-hydrogen) atoms. The van der Waals surface area contributed by atoms with Gasteiger partial charge in [0, 0.05) is 6.92 Å². The van der Waals surface area contributed by atoms with E-state index in [0.717, 1.165) is 6.92 Å². The van der Waals surface area contributed by atoms with Gasteiger partial charge < -0.3 is 28.0 Å². The summed E-state index contributed by atoms with van der Waals surface area (Å²) in [6.45, 7) is 1.08. The van der Waals surface area contributed by atoms with Crippen LogP contribution < -0.4 is 22.9 Å². The normalized spacial score (nSPS) is 8.50. The number of rotatable bonds is 2. The van der Waals surface area contributed by atoms with Crippen molar-refractivity contribution in [3.63, 3.8) is 0 Å². The molecule has 0 fully saturated rings. The monoisotopic (exact) mass is 252 g/mol. The molecule has 0 unspecified atom stereocenters. The number of carbonyl (C=O) groups is 1. The van der Waals surface area contributed by atoms with Crippen LogP contribution in [0, 0.1) is 0 Å². The predicted octanol–water partition coefficient (Wildman–Crippen LogP) is -0.413. The third kappa shape index (κ3) is 8.53. The molecule has 0 atom stereocenters. The average molecular weight is 252 g/mol. The highest BCUT2D eigenvalue weighted by Gasteiger charge is 1.92. The Morgan fingerprint density at radius 3 is 1.33 bits per heavy atom. The zero-order valence-electron chi connectivity index (χ0n) is 9.87. The van der Waals surface area contributed by atoms with E-state index in [4.69, 9.17) is 32.8 Å². The first kappa shape index (κ1) is 15.2. The highest BCUT2D eigenvalue weighted by molar-refractivity contribution is 5.80. The molecule has 0 amide bonds. The topological polar surface area (TPSA) is 166 Å². The summed E-state index contributed by atoms with van der Waals surface area (Å²) in [6.07, 6.45) is 0. The SMILES string of the molecule is CC(=O)O.NC(N)=Nc1ccc(N=C(N)N)cc1. The lowest BCUT2D eigenvalue weighted by atomic mass is 10.3. The minimum atomic E-state index is -0.833. The van der Waals surface area contributed by atoms with E-state index >= 15 is 0 Å². The summed E-state index contributed by atoms with van der Waals surface area (Å²) in [5.41, 5.74) is 22.1. The quantitative estimate of drug-likeness (QED) is 0.354. The molecule has 0 aromatic heterocycles. The van der Waals surface area contributed by atoms with Crippen LogP contribution in [0.1, 0.15) is 6.92 Å². The molecule has 0 radical (unpaired) electrons. The van der Waals surface area contributed by atoms with Gasteiger partial charge in [0.05, 0.1) is 11.4 Å². The maximum absolute atomic E-state index is 9.00. The third-order valence-electron chi connectivity index (χ3n) is 1.37. The Balaban J connectivity index is 0.000000631. The zero-order valence-corrected chi connectivity index (χ0v) is 9.87. The Morgan fingerprint density at radius 1 is 0.944 bits per heavy atom. The van der Waals surface area contributed by atoms with Crippen LogP contribution in [0.3, 0.4) is 0 Å². The van der Waals surface area contributed by atoms with Crippen molar-refractivity contribution in [3.8, 4) is 0 Å². The molecule has 1 rings (SSSR count). The average Bonchev–Trinajstić information content (AvgIpc) is 2.18. The van der Waals surface area contributed by atoms with Crippen LogP contribution in [-0.4, -0.2) is 23.0 Å². The molecule has 9 N–H and O–H groups in total. The maximum atomic E-state index is 9.00. The van der Waals surface area contributed by atoms with E-state index in [1.165, 1.54) is 0 Å². The number of carboxylic acid groups (broad SMARTS) is 1. The van der Waals surface area contributed by atoms with E-state index in [1.807, 2.05) is 0 Å². The first-order valence-electron chi connectivity index (χ1n) is 4.80. The largest absolute Gasteiger partial charge is 0.481 e. The summed E-state index contributed by atoms with van der Waals surface area (Å²) < 4.78 is 0. The number of benzene rings is 1. The molecule has 0 aliphatic carbocycles. The number of nitrogens with two attached hydrogens (primary N) is 4. The zero-order chi connectivity index (χ0) is 14.1. The second-order valence-corrected chi connectivity index (χ2v) is 3.11. The van der Waals surface area contributed by atoms with Gasteiger partial charge in [-0.05, 0) is 24.3 Å². The second kappa shape index (κ2) is 7.49. The maximum Gasteiger partial charge on any atom is 0.300 e. The summed E-state index contributed by atoms with van der Waals surface area (Å²) in [5.74, 6) is -0.806. The number of hydrogen-bond acceptors (Lipinski definition) is 3. The van der Waals surface area contributed by atoms with E-state index in [1.54, 1.807) is 24.3 Å². The Hall–Kier alpha value is -2.77. The van der Waals surface area contributed by atoms with Gasteiger partial charge in [-0.25, -0.2) is 9.98 Å². The number of aliphatic carboxylic acids is 1. The van der Waals surface area contributed by atoms with Gasteiger partial charge in [-0.3, -0.25) is 4.79 Å². The van der Waals surface area contributed by atoms with E-state index in [-0.39, 0.29) is 11.9 Å². The van der Waals surface area contributed by atoms with Gasteiger partial charge in [-0.1, -0.05) is 0 Å². The van der Waals surface area contributed by atoms with Gasteiger partial charge in [0.2, 0.25) is 0 Å². The Bertz CT molecular complexity index is 403. The van der Waals surface area contributed by atoms with E-state index in [2.05, 4.69) is 9.98 Å². The Kier molecular flexibility index (Phi) is 6.34. The van der Waals surface area contributed by atoms with Gasteiger partial charge in [-0.2, -0.15) is 0 Å². The highest BCUT2D eigenvalue weighted by Crippen LogP contribution is 2.17. The number of aliphatic imine (C=N–C) groups is 2. The first-order chi connectivity index (χ1) is 8.31. The summed E-state index contributed by atoms with van der Waals surface area (Å²) in [7, 11) is 0. The van der Waals surface area contributed by atoms with Crippen molar-refractivity contribution >= 4 is 29.3 Å². The number of nitrogens with zero attached hydrogens (tertiary/aromatic N) is 2. The van der Waals surface area contributed by atoms with Gasteiger partial charge in [0.15, 0.2) is 11.9 Å². The molecule has 0 saturated heterocycles. The Labute approximate surface area is 104 Å². The molecule has 0 spiro atoms. The van der Waals surface area contributed by atoms with Gasteiger partial charge in [0.1, 0.15) is 0 Å². The van der Waals surface area contributed by atoms with Crippen LogP contribution in [0.15, 0.2) is 34.3 Å². The van der Waals surface area contributed by atoms with Gasteiger partial charge >= 0.3 is 0 Å². The lowest BCUT2D eigenvalue weighted by Gasteiger charge is -1.96. The van der Waals surface area contributed by atoms with Gasteiger partial charge in [-0.15, -0.1) is 0 Å². The summed E-state index contributed by atoms with van der Waals surface area (Å²) >= 11 is 0. The van der Waals surface area contributed by atoms with Crippen LogP contribution in [0.2, 0.25) is 0 Å². The minimum absolute atomic E-state index is 0.0135. The lowest BCUT2D eigenvalue weighted by molar-refractivity contribution is -0.134. The van der Waals surface area contributed by atoms with E-state index in [9.17, 15) is 0 Å². The summed E-state index contributed by atoms with van der Waals surface area (Å²) in [4.78, 5) is 16.7. The second-order valence-electron chi connectivity index (χ2n) is 3.11. The highest BCUT2D eigenvalue weighted by atomic mass is 16.4. The molecule has 0 aliphatic rings. The fraction of sp³-hybridized carbons (Fsp3) is 0.100. The number of carboxylic acids is 1. The van der Waals surface area contributed by atoms with E-state index in [0.29, 0.717) is 11.4 Å². The van der Waals surface area contributed by atoms with Crippen molar-refractivity contribution < 1.29 is 9.90 Å².